The summed E-state index contributed by atoms with van der Waals surface area (Å²) in [5.41, 5.74) is 1.00. The molecule has 7 nitrogen and oxygen atoms in total. The molecule has 0 saturated carbocycles. The van der Waals surface area contributed by atoms with Crippen molar-refractivity contribution in [2.75, 3.05) is 39.9 Å². The molecule has 0 atom stereocenters. The summed E-state index contributed by atoms with van der Waals surface area (Å²) in [6, 6.07) is 7.06. The van der Waals surface area contributed by atoms with E-state index in [0.29, 0.717) is 24.5 Å². The van der Waals surface area contributed by atoms with Crippen LogP contribution in [-0.4, -0.2) is 58.6 Å². The lowest BCUT2D eigenvalue weighted by Crippen LogP contribution is -2.37. The van der Waals surface area contributed by atoms with Crippen LogP contribution in [0.4, 0.5) is 0 Å². The van der Waals surface area contributed by atoms with Gasteiger partial charge in [-0.25, -0.2) is 8.42 Å². The molecule has 0 aliphatic carbocycles. The van der Waals surface area contributed by atoms with E-state index in [4.69, 9.17) is 4.74 Å². The van der Waals surface area contributed by atoms with Crippen molar-refractivity contribution in [3.63, 3.8) is 0 Å². The molecule has 1 aromatic rings. The Balaban J connectivity index is 0.00000364. The first kappa shape index (κ1) is 24.1. The van der Waals surface area contributed by atoms with Gasteiger partial charge in [-0.15, -0.1) is 24.0 Å². The minimum atomic E-state index is -3.35. The van der Waals surface area contributed by atoms with Crippen molar-refractivity contribution in [3.05, 3.63) is 29.8 Å². The van der Waals surface area contributed by atoms with E-state index in [0.717, 1.165) is 50.5 Å². The zero-order valence-corrected chi connectivity index (χ0v) is 19.3. The summed E-state index contributed by atoms with van der Waals surface area (Å²) in [6.07, 6.45) is 2.80. The number of aliphatic imine (C=N–C) groups is 1. The number of halogens is 1. The molecule has 2 N–H and O–H groups in total. The van der Waals surface area contributed by atoms with Gasteiger partial charge in [0.05, 0.1) is 4.90 Å². The minimum Gasteiger partial charge on any atom is -0.382 e. The van der Waals surface area contributed by atoms with Crippen molar-refractivity contribution in [2.45, 2.75) is 37.6 Å². The second-order valence-electron chi connectivity index (χ2n) is 6.16. The fourth-order valence-corrected chi connectivity index (χ4v) is 4.31. The maximum atomic E-state index is 12.5. The Labute approximate surface area is 180 Å². The fraction of sp³-hybridized carbons (Fsp3) is 0.611. The highest BCUT2D eigenvalue weighted by atomic mass is 127. The molecule has 0 radical (unpaired) electrons. The molecule has 1 heterocycles. The smallest absolute Gasteiger partial charge is 0.243 e. The molecular formula is C18H31IN4O3S. The lowest BCUT2D eigenvalue weighted by Gasteiger charge is -2.16. The molecule has 1 aliphatic rings. The first-order valence-corrected chi connectivity index (χ1v) is 10.6. The van der Waals surface area contributed by atoms with Crippen molar-refractivity contribution < 1.29 is 13.2 Å². The van der Waals surface area contributed by atoms with Gasteiger partial charge in [0, 0.05) is 46.4 Å². The Bertz CT molecular complexity index is 674. The standard InChI is InChI=1S/C18H30N4O3S.HI/c1-3-25-14-6-11-20-18(19-2)21-15-16-7-9-17(10-8-16)26(23,24)22-12-4-5-13-22;/h7-10H,3-6,11-15H2,1-2H3,(H2,19,20,21);1H. The third-order valence-corrected chi connectivity index (χ3v) is 6.18. The third kappa shape index (κ3) is 7.55. The summed E-state index contributed by atoms with van der Waals surface area (Å²) in [5.74, 6) is 0.718. The predicted octanol–water partition coefficient (Wildman–Crippen LogP) is 2.18. The summed E-state index contributed by atoms with van der Waals surface area (Å²) >= 11 is 0. The van der Waals surface area contributed by atoms with Crippen LogP contribution >= 0.6 is 24.0 Å². The van der Waals surface area contributed by atoms with E-state index in [9.17, 15) is 8.42 Å². The first-order valence-electron chi connectivity index (χ1n) is 9.19. The van der Waals surface area contributed by atoms with E-state index < -0.39 is 10.0 Å². The minimum absolute atomic E-state index is 0. The molecule has 1 aliphatic heterocycles. The Hall–Kier alpha value is -0.910. The van der Waals surface area contributed by atoms with E-state index in [1.807, 2.05) is 19.1 Å². The summed E-state index contributed by atoms with van der Waals surface area (Å²) < 4.78 is 31.9. The van der Waals surface area contributed by atoms with Gasteiger partial charge in [0.15, 0.2) is 5.96 Å². The number of benzene rings is 1. The van der Waals surface area contributed by atoms with Gasteiger partial charge in [-0.3, -0.25) is 4.99 Å². The van der Waals surface area contributed by atoms with E-state index in [-0.39, 0.29) is 24.0 Å². The molecule has 0 unspecified atom stereocenters. The van der Waals surface area contributed by atoms with Gasteiger partial charge in [-0.2, -0.15) is 4.31 Å². The number of hydrogen-bond donors (Lipinski definition) is 2. The zero-order chi connectivity index (χ0) is 18.8. The van der Waals surface area contributed by atoms with Gasteiger partial charge < -0.3 is 15.4 Å². The van der Waals surface area contributed by atoms with Crippen LogP contribution in [0.5, 0.6) is 0 Å². The van der Waals surface area contributed by atoms with Gasteiger partial charge in [-0.05, 0) is 43.9 Å². The largest absolute Gasteiger partial charge is 0.382 e. The second-order valence-corrected chi connectivity index (χ2v) is 8.10. The van der Waals surface area contributed by atoms with Crippen LogP contribution in [0.3, 0.4) is 0 Å². The van der Waals surface area contributed by atoms with Gasteiger partial charge in [-0.1, -0.05) is 12.1 Å². The molecular weight excluding hydrogens is 479 g/mol. The Morgan fingerprint density at radius 3 is 2.44 bits per heavy atom. The van der Waals surface area contributed by atoms with Crippen molar-refractivity contribution >= 4 is 40.0 Å². The molecule has 0 spiro atoms. The first-order chi connectivity index (χ1) is 12.6. The van der Waals surface area contributed by atoms with Crippen molar-refractivity contribution in [1.29, 1.82) is 0 Å². The molecule has 0 amide bonds. The topological polar surface area (TPSA) is 83.0 Å². The van der Waals surface area contributed by atoms with Crippen LogP contribution < -0.4 is 10.6 Å². The van der Waals surface area contributed by atoms with Crippen LogP contribution in [-0.2, 0) is 21.3 Å². The Kier molecular flexibility index (Phi) is 11.2. The summed E-state index contributed by atoms with van der Waals surface area (Å²) in [6.45, 7) is 6.05. The number of sulfonamides is 1. The molecule has 1 saturated heterocycles. The quantitative estimate of drug-likeness (QED) is 0.230. The molecule has 0 bridgehead atoms. The average molecular weight is 510 g/mol. The molecule has 1 fully saturated rings. The predicted molar refractivity (Wildman–Crippen MR) is 119 cm³/mol. The number of rotatable bonds is 9. The Morgan fingerprint density at radius 2 is 1.85 bits per heavy atom. The SMILES string of the molecule is CCOCCCNC(=NC)NCc1ccc(S(=O)(=O)N2CCCC2)cc1.I. The fourth-order valence-electron chi connectivity index (χ4n) is 2.79. The van der Waals surface area contributed by atoms with Crippen LogP contribution in [0.2, 0.25) is 0 Å². The lowest BCUT2D eigenvalue weighted by atomic mass is 10.2. The van der Waals surface area contributed by atoms with Gasteiger partial charge >= 0.3 is 0 Å². The number of guanidine groups is 1. The maximum Gasteiger partial charge on any atom is 0.243 e. The highest BCUT2D eigenvalue weighted by molar-refractivity contribution is 14.0. The van der Waals surface area contributed by atoms with Crippen LogP contribution in [0.15, 0.2) is 34.2 Å². The summed E-state index contributed by atoms with van der Waals surface area (Å²) in [5, 5.41) is 6.46. The van der Waals surface area contributed by atoms with E-state index in [2.05, 4.69) is 15.6 Å². The molecule has 2 rings (SSSR count). The molecule has 154 valence electrons. The van der Waals surface area contributed by atoms with Gasteiger partial charge in [0.1, 0.15) is 0 Å². The zero-order valence-electron chi connectivity index (χ0n) is 16.1. The van der Waals surface area contributed by atoms with Crippen LogP contribution in [0, 0.1) is 0 Å². The molecule has 9 heteroatoms. The maximum absolute atomic E-state index is 12.5. The third-order valence-electron chi connectivity index (χ3n) is 4.27. The molecule has 27 heavy (non-hydrogen) atoms. The number of nitrogens with one attached hydrogen (secondary N) is 2. The van der Waals surface area contributed by atoms with Crippen LogP contribution in [0.25, 0.3) is 0 Å². The second kappa shape index (κ2) is 12.5. The molecule has 0 aromatic heterocycles. The van der Waals surface area contributed by atoms with Crippen LogP contribution in [0.1, 0.15) is 31.7 Å². The van der Waals surface area contributed by atoms with E-state index in [1.54, 1.807) is 23.5 Å². The normalized spacial score (nSPS) is 15.4. The highest BCUT2D eigenvalue weighted by Gasteiger charge is 2.26. The average Bonchev–Trinajstić information content (AvgIpc) is 3.20. The molecule has 1 aromatic carbocycles. The highest BCUT2D eigenvalue weighted by Crippen LogP contribution is 2.20. The number of ether oxygens (including phenoxy) is 1. The number of hydrogen-bond acceptors (Lipinski definition) is 4. The van der Waals surface area contributed by atoms with Gasteiger partial charge in [0.2, 0.25) is 10.0 Å². The monoisotopic (exact) mass is 510 g/mol. The van der Waals surface area contributed by atoms with E-state index in [1.165, 1.54) is 0 Å². The Morgan fingerprint density at radius 1 is 1.19 bits per heavy atom. The van der Waals surface area contributed by atoms with Gasteiger partial charge in [0.25, 0.3) is 0 Å². The number of nitrogens with zero attached hydrogens (tertiary/aromatic N) is 2. The van der Waals surface area contributed by atoms with Crippen molar-refractivity contribution in [1.82, 2.24) is 14.9 Å². The summed E-state index contributed by atoms with van der Waals surface area (Å²) in [7, 11) is -1.62. The lowest BCUT2D eigenvalue weighted by molar-refractivity contribution is 0.145. The summed E-state index contributed by atoms with van der Waals surface area (Å²) in [4.78, 5) is 4.54. The van der Waals surface area contributed by atoms with Crippen molar-refractivity contribution in [2.24, 2.45) is 4.99 Å². The van der Waals surface area contributed by atoms with E-state index >= 15 is 0 Å². The van der Waals surface area contributed by atoms with Crippen molar-refractivity contribution in [3.8, 4) is 0 Å².